The highest BCUT2D eigenvalue weighted by molar-refractivity contribution is 4.98. The van der Waals surface area contributed by atoms with Crippen LogP contribution in [-0.2, 0) is 0 Å². The maximum absolute atomic E-state index is 12.6. The molecule has 0 aromatic rings. The first-order chi connectivity index (χ1) is 6.39. The summed E-state index contributed by atoms with van der Waals surface area (Å²) in [7, 11) is 0. The summed E-state index contributed by atoms with van der Waals surface area (Å²) in [4.78, 5) is 0. The Morgan fingerprint density at radius 3 is 2.29 bits per heavy atom. The second-order valence-electron chi connectivity index (χ2n) is 5.56. The number of rotatable bonds is 2. The van der Waals surface area contributed by atoms with Gasteiger partial charge in [0.05, 0.1) is 0 Å². The van der Waals surface area contributed by atoms with Gasteiger partial charge >= 0.3 is 0 Å². The Hall–Kier alpha value is -0.180. The fourth-order valence-electron chi connectivity index (χ4n) is 2.70. The number of halogens is 2. The predicted molar refractivity (Wildman–Crippen MR) is 52.5 cm³/mol. The number of nitrogens with one attached hydrogen (secondary N) is 1. The smallest absolute Gasteiger partial charge is 0.251 e. The highest BCUT2D eigenvalue weighted by Crippen LogP contribution is 2.42. The van der Waals surface area contributed by atoms with Crippen LogP contribution >= 0.6 is 0 Å². The molecule has 2 rings (SSSR count). The van der Waals surface area contributed by atoms with Gasteiger partial charge in [0, 0.05) is 24.9 Å². The normalized spacial score (nSPS) is 35.6. The van der Waals surface area contributed by atoms with Crippen molar-refractivity contribution in [3.8, 4) is 0 Å². The van der Waals surface area contributed by atoms with E-state index in [4.69, 9.17) is 0 Å². The first-order valence-corrected chi connectivity index (χ1v) is 5.53. The van der Waals surface area contributed by atoms with Crippen molar-refractivity contribution in [3.05, 3.63) is 0 Å². The van der Waals surface area contributed by atoms with Gasteiger partial charge in [-0.3, -0.25) is 0 Å². The van der Waals surface area contributed by atoms with Gasteiger partial charge in [0.1, 0.15) is 0 Å². The minimum absolute atomic E-state index is 0.0413. The second-order valence-corrected chi connectivity index (χ2v) is 5.56. The molecule has 2 saturated carbocycles. The lowest BCUT2D eigenvalue weighted by atomic mass is 9.83. The van der Waals surface area contributed by atoms with Crippen molar-refractivity contribution in [1.29, 1.82) is 0 Å². The molecule has 0 radical (unpaired) electrons. The summed E-state index contributed by atoms with van der Waals surface area (Å²) in [6.07, 6.45) is 3.68. The fraction of sp³-hybridized carbons (Fsp3) is 1.00. The van der Waals surface area contributed by atoms with Crippen LogP contribution in [0.5, 0.6) is 0 Å². The van der Waals surface area contributed by atoms with Crippen LogP contribution in [0.3, 0.4) is 0 Å². The fourth-order valence-corrected chi connectivity index (χ4v) is 2.70. The van der Waals surface area contributed by atoms with Gasteiger partial charge in [0.2, 0.25) is 0 Å². The Morgan fingerprint density at radius 2 is 1.86 bits per heavy atom. The zero-order chi connectivity index (χ0) is 10.4. The van der Waals surface area contributed by atoms with E-state index in [1.54, 1.807) is 0 Å². The van der Waals surface area contributed by atoms with Gasteiger partial charge in [0.25, 0.3) is 5.92 Å². The Balaban J connectivity index is 1.82. The molecule has 0 spiro atoms. The zero-order valence-corrected chi connectivity index (χ0v) is 8.95. The largest absolute Gasteiger partial charge is 0.310 e. The van der Waals surface area contributed by atoms with E-state index in [1.807, 2.05) is 0 Å². The number of hydrogen-bond donors (Lipinski definition) is 1. The molecule has 2 aliphatic rings. The van der Waals surface area contributed by atoms with Gasteiger partial charge < -0.3 is 5.32 Å². The van der Waals surface area contributed by atoms with Crippen LogP contribution in [-0.4, -0.2) is 18.0 Å². The van der Waals surface area contributed by atoms with Crippen molar-refractivity contribution < 1.29 is 8.78 Å². The zero-order valence-electron chi connectivity index (χ0n) is 8.95. The average molecular weight is 203 g/mol. The van der Waals surface area contributed by atoms with Crippen LogP contribution in [0, 0.1) is 5.41 Å². The molecule has 0 heterocycles. The first-order valence-electron chi connectivity index (χ1n) is 5.53. The molecule has 2 aliphatic carbocycles. The lowest BCUT2D eigenvalue weighted by molar-refractivity contribution is -0.0966. The van der Waals surface area contributed by atoms with E-state index in [-0.39, 0.29) is 18.9 Å². The summed E-state index contributed by atoms with van der Waals surface area (Å²) in [5.41, 5.74) is 0.297. The molecule has 1 N–H and O–H groups in total. The molecule has 0 aromatic carbocycles. The molecule has 1 unspecified atom stereocenters. The molecule has 3 heteroatoms. The summed E-state index contributed by atoms with van der Waals surface area (Å²) in [6, 6.07) is 0.510. The van der Waals surface area contributed by atoms with E-state index in [0.717, 1.165) is 6.42 Å². The van der Waals surface area contributed by atoms with E-state index in [0.29, 0.717) is 11.5 Å². The molecule has 0 bridgehead atoms. The van der Waals surface area contributed by atoms with Crippen LogP contribution in [0.1, 0.15) is 46.0 Å². The quantitative estimate of drug-likeness (QED) is 0.727. The van der Waals surface area contributed by atoms with E-state index in [2.05, 4.69) is 19.2 Å². The molecule has 0 aromatic heterocycles. The predicted octanol–water partition coefficient (Wildman–Crippen LogP) is 2.95. The van der Waals surface area contributed by atoms with Crippen LogP contribution in [0.2, 0.25) is 0 Å². The van der Waals surface area contributed by atoms with Gasteiger partial charge in [-0.25, -0.2) is 8.78 Å². The molecule has 82 valence electrons. The van der Waals surface area contributed by atoms with E-state index >= 15 is 0 Å². The summed E-state index contributed by atoms with van der Waals surface area (Å²) in [5, 5.41) is 3.38. The minimum atomic E-state index is -2.39. The molecule has 0 aliphatic heterocycles. The van der Waals surface area contributed by atoms with Crippen molar-refractivity contribution in [2.75, 3.05) is 0 Å². The molecule has 0 saturated heterocycles. The third-order valence-corrected chi connectivity index (χ3v) is 3.78. The van der Waals surface area contributed by atoms with Crippen LogP contribution in [0.4, 0.5) is 8.78 Å². The molecule has 0 amide bonds. The minimum Gasteiger partial charge on any atom is -0.310 e. The lowest BCUT2D eigenvalue weighted by Gasteiger charge is -2.40. The van der Waals surface area contributed by atoms with Crippen LogP contribution in [0.25, 0.3) is 0 Å². The summed E-state index contributed by atoms with van der Waals surface area (Å²) < 4.78 is 25.2. The van der Waals surface area contributed by atoms with Gasteiger partial charge in [0.15, 0.2) is 0 Å². The van der Waals surface area contributed by atoms with Crippen molar-refractivity contribution in [1.82, 2.24) is 5.32 Å². The third kappa shape index (κ3) is 1.92. The van der Waals surface area contributed by atoms with Crippen molar-refractivity contribution >= 4 is 0 Å². The molecular formula is C11H19F2N. The summed E-state index contributed by atoms with van der Waals surface area (Å²) in [5.74, 6) is -2.39. The molecule has 2 fully saturated rings. The Labute approximate surface area is 84.3 Å². The Kier molecular flexibility index (Phi) is 2.33. The van der Waals surface area contributed by atoms with Crippen LogP contribution < -0.4 is 5.32 Å². The summed E-state index contributed by atoms with van der Waals surface area (Å²) >= 11 is 0. The average Bonchev–Trinajstić information content (AvgIpc) is 2.27. The maximum Gasteiger partial charge on any atom is 0.251 e. The lowest BCUT2D eigenvalue weighted by Crippen LogP contribution is -2.54. The Morgan fingerprint density at radius 1 is 1.21 bits per heavy atom. The highest BCUT2D eigenvalue weighted by Gasteiger charge is 2.47. The topological polar surface area (TPSA) is 12.0 Å². The number of hydrogen-bond acceptors (Lipinski definition) is 1. The van der Waals surface area contributed by atoms with Crippen LogP contribution in [0.15, 0.2) is 0 Å². The van der Waals surface area contributed by atoms with Gasteiger partial charge in [-0.15, -0.1) is 0 Å². The van der Waals surface area contributed by atoms with Crippen molar-refractivity contribution in [2.45, 2.75) is 64.0 Å². The summed E-state index contributed by atoms with van der Waals surface area (Å²) in [6.45, 7) is 4.46. The SMILES string of the molecule is CC1(C)CCCC1NC1CC(F)(F)C1. The molecular weight excluding hydrogens is 184 g/mol. The molecule has 1 atom stereocenters. The number of alkyl halides is 2. The third-order valence-electron chi connectivity index (χ3n) is 3.78. The second kappa shape index (κ2) is 3.16. The van der Waals surface area contributed by atoms with E-state index < -0.39 is 5.92 Å². The standard InChI is InChI=1S/C11H19F2N/c1-10(2)5-3-4-9(10)14-8-6-11(12,13)7-8/h8-9,14H,3-7H2,1-2H3. The monoisotopic (exact) mass is 203 g/mol. The van der Waals surface area contributed by atoms with Crippen molar-refractivity contribution in [3.63, 3.8) is 0 Å². The Bertz CT molecular complexity index is 217. The first kappa shape index (κ1) is 10.3. The maximum atomic E-state index is 12.6. The van der Waals surface area contributed by atoms with E-state index in [1.165, 1.54) is 12.8 Å². The molecule has 1 nitrogen and oxygen atoms in total. The highest BCUT2D eigenvalue weighted by atomic mass is 19.3. The van der Waals surface area contributed by atoms with E-state index in [9.17, 15) is 8.78 Å². The van der Waals surface area contributed by atoms with Crippen molar-refractivity contribution in [2.24, 2.45) is 5.41 Å². The molecule has 14 heavy (non-hydrogen) atoms. The van der Waals surface area contributed by atoms with Gasteiger partial charge in [-0.05, 0) is 18.3 Å². The van der Waals surface area contributed by atoms with Gasteiger partial charge in [-0.2, -0.15) is 0 Å². The van der Waals surface area contributed by atoms with Gasteiger partial charge in [-0.1, -0.05) is 20.3 Å².